The van der Waals surface area contributed by atoms with Gasteiger partial charge in [-0.1, -0.05) is 24.3 Å². The van der Waals surface area contributed by atoms with Crippen LogP contribution in [0, 0.1) is 0 Å². The Morgan fingerprint density at radius 3 is 2.85 bits per heavy atom. The maximum absolute atomic E-state index is 12.3. The number of aromatic nitrogens is 5. The predicted molar refractivity (Wildman–Crippen MR) is 98.5 cm³/mol. The third kappa shape index (κ3) is 2.66. The monoisotopic (exact) mass is 369 g/mol. The van der Waals surface area contributed by atoms with Crippen molar-refractivity contribution in [1.82, 2.24) is 24.1 Å². The first-order valence-corrected chi connectivity index (χ1v) is 8.74. The summed E-state index contributed by atoms with van der Waals surface area (Å²) in [6.07, 6.45) is 3.79. The van der Waals surface area contributed by atoms with Gasteiger partial charge in [0.1, 0.15) is 5.52 Å². The Morgan fingerprint density at radius 2 is 2.08 bits per heavy atom. The van der Waals surface area contributed by atoms with Crippen molar-refractivity contribution in [3.05, 3.63) is 57.3 Å². The van der Waals surface area contributed by atoms with Crippen LogP contribution < -0.4 is 11.2 Å². The second-order valence-electron chi connectivity index (χ2n) is 5.61. The zero-order valence-electron chi connectivity index (χ0n) is 14.1. The van der Waals surface area contributed by atoms with Crippen molar-refractivity contribution in [2.75, 3.05) is 0 Å². The molecule has 4 aromatic rings. The largest absolute Gasteiger partial charge is 0.431 e. The quantitative estimate of drug-likeness (QED) is 0.554. The molecule has 3 aromatic heterocycles. The van der Waals surface area contributed by atoms with Crippen molar-refractivity contribution in [2.24, 2.45) is 7.05 Å². The van der Waals surface area contributed by atoms with Crippen LogP contribution in [-0.2, 0) is 13.6 Å². The molecule has 0 amide bonds. The van der Waals surface area contributed by atoms with E-state index in [0.717, 1.165) is 5.52 Å². The molecule has 0 saturated carbocycles. The van der Waals surface area contributed by atoms with E-state index in [9.17, 15) is 9.59 Å². The smallest absolute Gasteiger partial charge is 0.329 e. The number of oxazole rings is 1. The van der Waals surface area contributed by atoms with E-state index in [1.807, 2.05) is 43.3 Å². The SMILES string of the molecule is C/C=C/Cn1c(Sc2nc3ccccc3o2)nc2c1c(=O)[nH]c(=O)n2C. The summed E-state index contributed by atoms with van der Waals surface area (Å²) in [5, 5.41) is 0.945. The maximum atomic E-state index is 12.3. The van der Waals surface area contributed by atoms with E-state index in [0.29, 0.717) is 33.7 Å². The Balaban J connectivity index is 1.90. The highest BCUT2D eigenvalue weighted by atomic mass is 32.2. The van der Waals surface area contributed by atoms with Crippen molar-refractivity contribution < 1.29 is 4.42 Å². The molecule has 0 spiro atoms. The number of aryl methyl sites for hydroxylation is 1. The Bertz CT molecular complexity index is 1230. The number of aromatic amines is 1. The average molecular weight is 369 g/mol. The van der Waals surface area contributed by atoms with Gasteiger partial charge in [-0.25, -0.2) is 14.8 Å². The van der Waals surface area contributed by atoms with Gasteiger partial charge in [-0.05, 0) is 19.1 Å². The number of hydrogen-bond acceptors (Lipinski definition) is 6. The molecular weight excluding hydrogens is 354 g/mol. The zero-order chi connectivity index (χ0) is 18.3. The van der Waals surface area contributed by atoms with Gasteiger partial charge in [-0.3, -0.25) is 14.3 Å². The minimum absolute atomic E-state index is 0.321. The summed E-state index contributed by atoms with van der Waals surface area (Å²) in [6.45, 7) is 2.34. The summed E-state index contributed by atoms with van der Waals surface area (Å²) in [5.41, 5.74) is 1.11. The van der Waals surface area contributed by atoms with E-state index in [-0.39, 0.29) is 0 Å². The van der Waals surface area contributed by atoms with Gasteiger partial charge in [0.25, 0.3) is 10.8 Å². The number of imidazole rings is 1. The molecule has 0 aliphatic heterocycles. The molecular formula is C17H15N5O3S. The van der Waals surface area contributed by atoms with Crippen LogP contribution in [0.3, 0.4) is 0 Å². The average Bonchev–Trinajstić information content (AvgIpc) is 3.19. The summed E-state index contributed by atoms with van der Waals surface area (Å²) in [7, 11) is 1.57. The van der Waals surface area contributed by atoms with Crippen molar-refractivity contribution in [3.63, 3.8) is 0 Å². The molecule has 0 aliphatic rings. The molecule has 9 heteroatoms. The summed E-state index contributed by atoms with van der Waals surface area (Å²) < 4.78 is 8.80. The fraction of sp³-hybridized carbons (Fsp3) is 0.176. The number of nitrogens with zero attached hydrogens (tertiary/aromatic N) is 4. The number of H-pyrrole nitrogens is 1. The molecule has 0 atom stereocenters. The Labute approximate surface area is 151 Å². The predicted octanol–water partition coefficient (Wildman–Crippen LogP) is 2.29. The van der Waals surface area contributed by atoms with Crippen molar-refractivity contribution in [2.45, 2.75) is 23.8 Å². The third-order valence-electron chi connectivity index (χ3n) is 3.95. The van der Waals surface area contributed by atoms with Gasteiger partial charge in [0.05, 0.1) is 0 Å². The van der Waals surface area contributed by atoms with Crippen LogP contribution in [0.5, 0.6) is 0 Å². The second-order valence-corrected chi connectivity index (χ2v) is 6.53. The summed E-state index contributed by atoms with van der Waals surface area (Å²) >= 11 is 1.21. The van der Waals surface area contributed by atoms with E-state index in [1.165, 1.54) is 16.3 Å². The van der Waals surface area contributed by atoms with Gasteiger partial charge < -0.3 is 8.98 Å². The molecule has 0 unspecified atom stereocenters. The number of para-hydroxylation sites is 2. The van der Waals surface area contributed by atoms with Crippen LogP contribution in [0.15, 0.2) is 60.8 Å². The van der Waals surface area contributed by atoms with Crippen LogP contribution in [0.25, 0.3) is 22.3 Å². The van der Waals surface area contributed by atoms with Crippen molar-refractivity contribution in [1.29, 1.82) is 0 Å². The van der Waals surface area contributed by atoms with E-state index in [4.69, 9.17) is 4.42 Å². The molecule has 0 aliphatic carbocycles. The third-order valence-corrected chi connectivity index (χ3v) is 4.79. The van der Waals surface area contributed by atoms with Gasteiger partial charge >= 0.3 is 5.69 Å². The first kappa shape index (κ1) is 16.4. The highest BCUT2D eigenvalue weighted by molar-refractivity contribution is 7.99. The lowest BCUT2D eigenvalue weighted by molar-refractivity contribution is 0.488. The molecule has 3 heterocycles. The molecule has 0 radical (unpaired) electrons. The summed E-state index contributed by atoms with van der Waals surface area (Å²) in [5.74, 6) is 0. The van der Waals surface area contributed by atoms with E-state index in [1.54, 1.807) is 11.6 Å². The van der Waals surface area contributed by atoms with E-state index in [2.05, 4.69) is 15.0 Å². The van der Waals surface area contributed by atoms with Gasteiger partial charge in [0, 0.05) is 25.4 Å². The lowest BCUT2D eigenvalue weighted by atomic mass is 10.3. The minimum atomic E-state index is -0.503. The molecule has 26 heavy (non-hydrogen) atoms. The number of fused-ring (bicyclic) bond motifs is 2. The topological polar surface area (TPSA) is 98.7 Å². The van der Waals surface area contributed by atoms with Gasteiger partial charge in [-0.15, -0.1) is 0 Å². The zero-order valence-corrected chi connectivity index (χ0v) is 14.9. The number of benzene rings is 1. The molecule has 4 rings (SSSR count). The van der Waals surface area contributed by atoms with Crippen LogP contribution >= 0.6 is 11.8 Å². The summed E-state index contributed by atoms with van der Waals surface area (Å²) in [4.78, 5) is 35.4. The first-order chi connectivity index (χ1) is 12.6. The molecule has 0 fully saturated rings. The van der Waals surface area contributed by atoms with Gasteiger partial charge in [0.15, 0.2) is 21.9 Å². The highest BCUT2D eigenvalue weighted by Crippen LogP contribution is 2.30. The standard InChI is InChI=1S/C17H15N5O3S/c1-3-4-9-22-12-13(21(2)15(24)20-14(12)23)19-16(22)26-17-18-10-7-5-6-8-11(10)25-17/h3-8H,9H2,1-2H3,(H,20,23,24)/b4-3+. The number of allylic oxidation sites excluding steroid dienone is 2. The lowest BCUT2D eigenvalue weighted by Crippen LogP contribution is -2.29. The number of nitrogens with one attached hydrogen (secondary N) is 1. The van der Waals surface area contributed by atoms with Crippen molar-refractivity contribution in [3.8, 4) is 0 Å². The lowest BCUT2D eigenvalue weighted by Gasteiger charge is -2.03. The van der Waals surface area contributed by atoms with Gasteiger partial charge in [-0.2, -0.15) is 0 Å². The van der Waals surface area contributed by atoms with Crippen LogP contribution in [0.4, 0.5) is 0 Å². The highest BCUT2D eigenvalue weighted by Gasteiger charge is 2.19. The van der Waals surface area contributed by atoms with Crippen molar-refractivity contribution >= 4 is 34.0 Å². The van der Waals surface area contributed by atoms with Crippen LogP contribution in [0.2, 0.25) is 0 Å². The van der Waals surface area contributed by atoms with E-state index >= 15 is 0 Å². The minimum Gasteiger partial charge on any atom is -0.431 e. The molecule has 0 saturated heterocycles. The Kier molecular flexibility index (Phi) is 4.00. The second kappa shape index (κ2) is 6.34. The molecule has 8 nitrogen and oxygen atoms in total. The number of hydrogen-bond donors (Lipinski definition) is 1. The summed E-state index contributed by atoms with van der Waals surface area (Å²) in [6, 6.07) is 7.46. The maximum Gasteiger partial charge on any atom is 0.329 e. The normalized spacial score (nSPS) is 11.9. The van der Waals surface area contributed by atoms with Crippen LogP contribution in [0.1, 0.15) is 6.92 Å². The molecule has 1 N–H and O–H groups in total. The molecule has 132 valence electrons. The van der Waals surface area contributed by atoms with Gasteiger partial charge in [0.2, 0.25) is 0 Å². The number of rotatable bonds is 4. The van der Waals surface area contributed by atoms with E-state index < -0.39 is 11.2 Å². The Morgan fingerprint density at radius 1 is 1.27 bits per heavy atom. The molecule has 1 aromatic carbocycles. The Hall–Kier alpha value is -3.07. The first-order valence-electron chi connectivity index (χ1n) is 7.92. The van der Waals surface area contributed by atoms with Crippen LogP contribution in [-0.4, -0.2) is 24.1 Å². The fourth-order valence-corrected chi connectivity index (χ4v) is 3.49. The molecule has 0 bridgehead atoms. The fourth-order valence-electron chi connectivity index (χ4n) is 2.65.